The van der Waals surface area contributed by atoms with Crippen molar-refractivity contribution in [3.8, 4) is 0 Å². The molecule has 1 N–H and O–H groups in total. The van der Waals surface area contributed by atoms with Gasteiger partial charge in [0, 0.05) is 19.3 Å². The number of hydrazine groups is 1. The zero-order chi connectivity index (χ0) is 21.8. The Morgan fingerprint density at radius 2 is 1.73 bits per heavy atom. The van der Waals surface area contributed by atoms with Crippen molar-refractivity contribution >= 4 is 35.2 Å². The molecular formula is C23H25N3O4. The standard InChI is InChI=1S/C23H25N3O4/c1-5-25(4)18-10-6-16(7-11-18)14-20-21(27)24-26(22(20)28)19-12-8-17(9-13-19)23(29)30-15(2)3/h6-15H,5H2,1-4H3,(H,24,27). The van der Waals surface area contributed by atoms with E-state index in [1.165, 1.54) is 5.01 Å². The van der Waals surface area contributed by atoms with E-state index >= 15 is 0 Å². The van der Waals surface area contributed by atoms with Crippen molar-refractivity contribution in [1.82, 2.24) is 5.43 Å². The van der Waals surface area contributed by atoms with Crippen molar-refractivity contribution in [3.63, 3.8) is 0 Å². The second kappa shape index (κ2) is 8.82. The molecule has 1 heterocycles. The lowest BCUT2D eigenvalue weighted by Gasteiger charge is -2.16. The first-order chi connectivity index (χ1) is 14.3. The highest BCUT2D eigenvalue weighted by atomic mass is 16.5. The van der Waals surface area contributed by atoms with Crippen LogP contribution in [-0.4, -0.2) is 37.5 Å². The Bertz CT molecular complexity index is 979. The first-order valence-corrected chi connectivity index (χ1v) is 9.79. The van der Waals surface area contributed by atoms with E-state index in [2.05, 4.69) is 17.2 Å². The first kappa shape index (κ1) is 21.1. The third-order valence-corrected chi connectivity index (χ3v) is 4.71. The van der Waals surface area contributed by atoms with Crippen molar-refractivity contribution in [2.75, 3.05) is 23.5 Å². The number of esters is 1. The van der Waals surface area contributed by atoms with Gasteiger partial charge >= 0.3 is 5.97 Å². The number of hydrogen-bond donors (Lipinski definition) is 1. The molecule has 7 heteroatoms. The number of anilines is 2. The van der Waals surface area contributed by atoms with Gasteiger partial charge < -0.3 is 9.64 Å². The van der Waals surface area contributed by atoms with Crippen LogP contribution in [0.3, 0.4) is 0 Å². The van der Waals surface area contributed by atoms with Gasteiger partial charge in [0.05, 0.1) is 17.4 Å². The van der Waals surface area contributed by atoms with Crippen molar-refractivity contribution in [1.29, 1.82) is 0 Å². The van der Waals surface area contributed by atoms with E-state index in [-0.39, 0.29) is 11.7 Å². The van der Waals surface area contributed by atoms with Crippen LogP contribution in [0.5, 0.6) is 0 Å². The normalized spacial score (nSPS) is 15.0. The molecule has 156 valence electrons. The molecule has 0 aliphatic carbocycles. The Labute approximate surface area is 175 Å². The average Bonchev–Trinajstić information content (AvgIpc) is 3.01. The summed E-state index contributed by atoms with van der Waals surface area (Å²) in [7, 11) is 1.99. The largest absolute Gasteiger partial charge is 0.459 e. The summed E-state index contributed by atoms with van der Waals surface area (Å²) in [5.41, 5.74) is 5.26. The molecule has 2 amide bonds. The number of ether oxygens (including phenoxy) is 1. The summed E-state index contributed by atoms with van der Waals surface area (Å²) in [6.07, 6.45) is 1.35. The number of nitrogens with zero attached hydrogens (tertiary/aromatic N) is 2. The SMILES string of the molecule is CCN(C)c1ccc(C=C2C(=O)NN(c3ccc(C(=O)OC(C)C)cc3)C2=O)cc1. The van der Waals surface area contributed by atoms with Gasteiger partial charge in [-0.25, -0.2) is 9.80 Å². The number of carbonyl (C=O) groups excluding carboxylic acids is 3. The van der Waals surface area contributed by atoms with Crippen LogP contribution in [-0.2, 0) is 14.3 Å². The number of hydrogen-bond acceptors (Lipinski definition) is 5. The predicted octanol–water partition coefficient (Wildman–Crippen LogP) is 3.17. The van der Waals surface area contributed by atoms with Crippen LogP contribution in [0.25, 0.3) is 6.08 Å². The molecular weight excluding hydrogens is 382 g/mol. The average molecular weight is 407 g/mol. The van der Waals surface area contributed by atoms with E-state index in [9.17, 15) is 14.4 Å². The molecule has 3 rings (SSSR count). The molecule has 1 aliphatic rings. The Balaban J connectivity index is 1.77. The van der Waals surface area contributed by atoms with Crippen LogP contribution in [0, 0.1) is 0 Å². The summed E-state index contributed by atoms with van der Waals surface area (Å²) in [5, 5.41) is 1.17. The molecule has 2 aromatic rings. The fourth-order valence-corrected chi connectivity index (χ4v) is 2.94. The van der Waals surface area contributed by atoms with Gasteiger partial charge in [-0.15, -0.1) is 0 Å². The molecule has 0 aromatic heterocycles. The van der Waals surface area contributed by atoms with E-state index in [1.807, 2.05) is 31.3 Å². The van der Waals surface area contributed by atoms with E-state index < -0.39 is 17.8 Å². The summed E-state index contributed by atoms with van der Waals surface area (Å²) in [6, 6.07) is 13.9. The van der Waals surface area contributed by atoms with Gasteiger partial charge in [-0.1, -0.05) is 12.1 Å². The maximum atomic E-state index is 12.8. The molecule has 0 bridgehead atoms. The minimum absolute atomic E-state index is 0.0508. The number of carbonyl (C=O) groups is 3. The highest BCUT2D eigenvalue weighted by molar-refractivity contribution is 6.31. The number of nitrogens with one attached hydrogen (secondary N) is 1. The molecule has 1 fully saturated rings. The zero-order valence-corrected chi connectivity index (χ0v) is 17.5. The topological polar surface area (TPSA) is 79.0 Å². The van der Waals surface area contributed by atoms with Crippen molar-refractivity contribution in [2.45, 2.75) is 26.9 Å². The van der Waals surface area contributed by atoms with Gasteiger partial charge in [0.1, 0.15) is 5.57 Å². The lowest BCUT2D eigenvalue weighted by Crippen LogP contribution is -2.35. The quantitative estimate of drug-likeness (QED) is 0.452. The molecule has 1 aliphatic heterocycles. The molecule has 0 atom stereocenters. The number of benzene rings is 2. The van der Waals surface area contributed by atoms with Crippen LogP contribution in [0.2, 0.25) is 0 Å². The minimum Gasteiger partial charge on any atom is -0.459 e. The molecule has 1 saturated heterocycles. The van der Waals surface area contributed by atoms with Gasteiger partial charge in [0.15, 0.2) is 0 Å². The summed E-state index contributed by atoms with van der Waals surface area (Å²) in [5.74, 6) is -1.36. The Morgan fingerprint density at radius 3 is 2.30 bits per heavy atom. The second-order valence-electron chi connectivity index (χ2n) is 7.25. The zero-order valence-electron chi connectivity index (χ0n) is 17.5. The number of amides is 2. The van der Waals surface area contributed by atoms with Crippen LogP contribution in [0.1, 0.15) is 36.7 Å². The number of rotatable bonds is 6. The van der Waals surface area contributed by atoms with Gasteiger partial charge in [0.25, 0.3) is 11.8 Å². The predicted molar refractivity (Wildman–Crippen MR) is 116 cm³/mol. The second-order valence-corrected chi connectivity index (χ2v) is 7.25. The van der Waals surface area contributed by atoms with E-state index in [0.717, 1.165) is 17.8 Å². The van der Waals surface area contributed by atoms with Crippen LogP contribution < -0.4 is 15.3 Å². The van der Waals surface area contributed by atoms with Crippen molar-refractivity contribution in [3.05, 3.63) is 65.2 Å². The Hall–Kier alpha value is -3.61. The molecule has 30 heavy (non-hydrogen) atoms. The van der Waals surface area contributed by atoms with Gasteiger partial charge in [-0.3, -0.25) is 15.0 Å². The first-order valence-electron chi connectivity index (χ1n) is 9.79. The third-order valence-electron chi connectivity index (χ3n) is 4.71. The third kappa shape index (κ3) is 4.51. The van der Waals surface area contributed by atoms with Crippen LogP contribution >= 0.6 is 0 Å². The molecule has 0 spiro atoms. The highest BCUT2D eigenvalue weighted by Gasteiger charge is 2.34. The maximum absolute atomic E-state index is 12.8. The maximum Gasteiger partial charge on any atom is 0.338 e. The van der Waals surface area contributed by atoms with Gasteiger partial charge in [-0.2, -0.15) is 0 Å². The van der Waals surface area contributed by atoms with Gasteiger partial charge in [-0.05, 0) is 68.8 Å². The monoisotopic (exact) mass is 407 g/mol. The Kier molecular flexibility index (Phi) is 6.20. The van der Waals surface area contributed by atoms with E-state index in [0.29, 0.717) is 11.3 Å². The van der Waals surface area contributed by atoms with E-state index in [4.69, 9.17) is 4.74 Å². The lowest BCUT2D eigenvalue weighted by molar-refractivity contribution is -0.117. The Morgan fingerprint density at radius 1 is 1.10 bits per heavy atom. The van der Waals surface area contributed by atoms with E-state index in [1.54, 1.807) is 44.2 Å². The summed E-state index contributed by atoms with van der Waals surface area (Å²) in [6.45, 7) is 6.48. The minimum atomic E-state index is -0.474. The highest BCUT2D eigenvalue weighted by Crippen LogP contribution is 2.23. The van der Waals surface area contributed by atoms with Crippen LogP contribution in [0.4, 0.5) is 11.4 Å². The van der Waals surface area contributed by atoms with Crippen LogP contribution in [0.15, 0.2) is 54.1 Å². The molecule has 0 saturated carbocycles. The lowest BCUT2D eigenvalue weighted by atomic mass is 10.1. The molecule has 0 radical (unpaired) electrons. The molecule has 0 unspecified atom stereocenters. The van der Waals surface area contributed by atoms with Gasteiger partial charge in [0.2, 0.25) is 0 Å². The smallest absolute Gasteiger partial charge is 0.338 e. The summed E-state index contributed by atoms with van der Waals surface area (Å²) >= 11 is 0. The fourth-order valence-electron chi connectivity index (χ4n) is 2.94. The fraction of sp³-hybridized carbons (Fsp3) is 0.261. The summed E-state index contributed by atoms with van der Waals surface area (Å²) in [4.78, 5) is 39.2. The summed E-state index contributed by atoms with van der Waals surface area (Å²) < 4.78 is 5.15. The molecule has 2 aromatic carbocycles. The molecule has 7 nitrogen and oxygen atoms in total. The van der Waals surface area contributed by atoms with Crippen molar-refractivity contribution < 1.29 is 19.1 Å². The van der Waals surface area contributed by atoms with Crippen molar-refractivity contribution in [2.24, 2.45) is 0 Å².